The average Bonchev–Trinajstić information content (AvgIpc) is 0. The molecule has 0 saturated carbocycles. The second-order valence-corrected chi connectivity index (χ2v) is 0. The van der Waals surface area contributed by atoms with Crippen molar-refractivity contribution >= 4 is 0 Å². The summed E-state index contributed by atoms with van der Waals surface area (Å²) >= 11 is 0. The Kier molecular flexibility index (Phi) is 2920. The number of hydrogen-bond acceptors (Lipinski definition) is 1. The Bertz CT molecular complexity index is 6.85. The van der Waals surface area contributed by atoms with E-state index in [2.05, 4.69) is 0 Å². The Hall–Kier alpha value is 0.932. The fourth-order valence-electron chi connectivity index (χ4n) is 0. The summed E-state index contributed by atoms with van der Waals surface area (Å²) in [6, 6.07) is 0. The van der Waals surface area contributed by atoms with Gasteiger partial charge in [-0.15, -0.1) is 0 Å². The molecule has 0 atom stereocenters. The van der Waals surface area contributed by atoms with Crippen molar-refractivity contribution in [3.8, 4) is 0 Å². The zero-order chi connectivity index (χ0) is 0. The van der Waals surface area contributed by atoms with Crippen molar-refractivity contribution in [2.24, 2.45) is 0 Å². The average molecular weight is 156 g/mol. The van der Waals surface area contributed by atoms with Gasteiger partial charge in [-0.2, -0.15) is 0 Å². The molecule has 2 radical (unpaired) electrons. The molecule has 32 valence electrons. The fraction of sp³-hybridized carbons (Fsp3) is 0. The SMILES string of the molecule is [Cr+3].[Mn+2].[O-2].[O-2].[OH-]. The molecule has 0 amide bonds. The first-order valence-electron chi connectivity index (χ1n) is 0. The molecule has 3 nitrogen and oxygen atoms in total. The van der Waals surface area contributed by atoms with Crippen LogP contribution in [0.4, 0.5) is 0 Å². The van der Waals surface area contributed by atoms with Crippen LogP contribution < -0.4 is 0 Å². The van der Waals surface area contributed by atoms with Crippen LogP contribution in [0.1, 0.15) is 0 Å². The van der Waals surface area contributed by atoms with Gasteiger partial charge >= 0.3 is 34.4 Å². The van der Waals surface area contributed by atoms with E-state index in [1.807, 2.05) is 0 Å². The third-order valence-corrected chi connectivity index (χ3v) is 0. The van der Waals surface area contributed by atoms with E-state index in [0.29, 0.717) is 0 Å². The predicted octanol–water partition coefficient (Wildman–Crippen LogP) is -0.419. The monoisotopic (exact) mass is 156 g/mol. The first kappa shape index (κ1) is 166. The van der Waals surface area contributed by atoms with Gasteiger partial charge in [0.05, 0.1) is 0 Å². The van der Waals surface area contributed by atoms with Gasteiger partial charge < -0.3 is 16.4 Å². The van der Waals surface area contributed by atoms with Crippen molar-refractivity contribution in [3.63, 3.8) is 0 Å². The summed E-state index contributed by atoms with van der Waals surface area (Å²) in [5.41, 5.74) is 0. The van der Waals surface area contributed by atoms with Gasteiger partial charge in [0.2, 0.25) is 0 Å². The summed E-state index contributed by atoms with van der Waals surface area (Å²) < 4.78 is 0. The van der Waals surface area contributed by atoms with Crippen LogP contribution in [0.2, 0.25) is 0 Å². The normalized spacial score (nSPS) is 0. The largest absolute Gasteiger partial charge is 3.00 e. The van der Waals surface area contributed by atoms with Gasteiger partial charge in [0, 0.05) is 0 Å². The number of rotatable bonds is 0. The topological polar surface area (TPSA) is 87.0 Å². The minimum atomic E-state index is 0. The molecule has 5 heteroatoms. The molecule has 0 fully saturated rings. The smallest absolute Gasteiger partial charge is 2.00 e. The van der Waals surface area contributed by atoms with Gasteiger partial charge in [-0.05, 0) is 0 Å². The van der Waals surface area contributed by atoms with E-state index < -0.39 is 0 Å². The van der Waals surface area contributed by atoms with E-state index in [-0.39, 0.29) is 50.9 Å². The predicted molar refractivity (Wildman–Crippen MR) is 3.31 cm³/mol. The maximum atomic E-state index is 0. The van der Waals surface area contributed by atoms with Gasteiger partial charge in [0.25, 0.3) is 0 Å². The van der Waals surface area contributed by atoms with Crippen molar-refractivity contribution in [2.75, 3.05) is 0 Å². The molecule has 1 N–H and O–H groups in total. The van der Waals surface area contributed by atoms with Gasteiger partial charge in [-0.1, -0.05) is 0 Å². The molecule has 0 unspecified atom stereocenters. The molecule has 0 rings (SSSR count). The molecule has 5 heavy (non-hydrogen) atoms. The molecule has 0 aliphatic heterocycles. The van der Waals surface area contributed by atoms with E-state index in [1.165, 1.54) is 0 Å². The van der Waals surface area contributed by atoms with Crippen LogP contribution >= 0.6 is 0 Å². The Morgan fingerprint density at radius 3 is 0.800 bits per heavy atom. The van der Waals surface area contributed by atoms with Crippen LogP contribution in [-0.4, -0.2) is 5.48 Å². The molecule has 0 bridgehead atoms. The minimum Gasteiger partial charge on any atom is -2.00 e. The molecule has 0 heterocycles. The summed E-state index contributed by atoms with van der Waals surface area (Å²) in [5, 5.41) is 0. The zero-order valence-electron chi connectivity index (χ0n) is 2.05. The molecule has 0 aliphatic rings. The third kappa shape index (κ3) is 48.8. The van der Waals surface area contributed by atoms with Crippen molar-refractivity contribution in [3.05, 3.63) is 0 Å². The van der Waals surface area contributed by atoms with Crippen molar-refractivity contribution in [1.82, 2.24) is 0 Å². The van der Waals surface area contributed by atoms with Crippen LogP contribution in [-0.2, 0) is 45.4 Å². The first-order valence-corrected chi connectivity index (χ1v) is 0. The van der Waals surface area contributed by atoms with Crippen molar-refractivity contribution < 1.29 is 50.9 Å². The summed E-state index contributed by atoms with van der Waals surface area (Å²) in [7, 11) is 0. The standard InChI is InChI=1S/Cr.Mn.H2O.2O/h;;1H2;;/q+3;+2;;2*-2/p-1. The van der Waals surface area contributed by atoms with Gasteiger partial charge in [0.1, 0.15) is 0 Å². The molecule has 0 aromatic heterocycles. The van der Waals surface area contributed by atoms with Crippen LogP contribution in [0.3, 0.4) is 0 Å². The molecule has 0 spiro atoms. The molecule has 0 aromatic carbocycles. The summed E-state index contributed by atoms with van der Waals surface area (Å²) in [4.78, 5) is 0. The minimum absolute atomic E-state index is 0. The molecular weight excluding hydrogens is 155 g/mol. The summed E-state index contributed by atoms with van der Waals surface area (Å²) in [5.74, 6) is 0. The first-order chi connectivity index (χ1) is 0. The van der Waals surface area contributed by atoms with Gasteiger partial charge in [-0.3, -0.25) is 0 Å². The van der Waals surface area contributed by atoms with E-state index in [0.717, 1.165) is 0 Å². The summed E-state index contributed by atoms with van der Waals surface area (Å²) in [6.45, 7) is 0. The molecule has 0 saturated heterocycles. The van der Waals surface area contributed by atoms with E-state index in [9.17, 15) is 0 Å². The van der Waals surface area contributed by atoms with Crippen LogP contribution in [0.15, 0.2) is 0 Å². The van der Waals surface area contributed by atoms with Crippen molar-refractivity contribution in [2.45, 2.75) is 0 Å². The number of hydrogen-bond donors (Lipinski definition) is 0. The van der Waals surface area contributed by atoms with Gasteiger partial charge in [-0.25, -0.2) is 0 Å². The zero-order valence-corrected chi connectivity index (χ0v) is 4.51. The van der Waals surface area contributed by atoms with E-state index >= 15 is 0 Å². The second kappa shape index (κ2) is 87.8. The summed E-state index contributed by atoms with van der Waals surface area (Å²) in [6.07, 6.45) is 0. The fourth-order valence-corrected chi connectivity index (χ4v) is 0. The van der Waals surface area contributed by atoms with Crippen LogP contribution in [0.5, 0.6) is 0 Å². The third-order valence-electron chi connectivity index (χ3n) is 0. The maximum Gasteiger partial charge on any atom is 3.00 e. The Morgan fingerprint density at radius 2 is 0.800 bits per heavy atom. The molecule has 0 aromatic rings. The maximum absolute atomic E-state index is 0. The van der Waals surface area contributed by atoms with Crippen molar-refractivity contribution in [1.29, 1.82) is 0 Å². The Labute approximate surface area is 51.3 Å². The van der Waals surface area contributed by atoms with Crippen LogP contribution in [0.25, 0.3) is 0 Å². The molecule has 0 aliphatic carbocycles. The van der Waals surface area contributed by atoms with E-state index in [1.54, 1.807) is 0 Å². The van der Waals surface area contributed by atoms with Gasteiger partial charge in [0.15, 0.2) is 0 Å². The molecular formula is HCrMnO3. The van der Waals surface area contributed by atoms with Crippen LogP contribution in [0, 0.1) is 0 Å². The Balaban J connectivity index is 0. The quantitative estimate of drug-likeness (QED) is 0.438. The van der Waals surface area contributed by atoms with E-state index in [4.69, 9.17) is 0 Å². The second-order valence-electron chi connectivity index (χ2n) is 0. The Morgan fingerprint density at radius 1 is 0.800 bits per heavy atom.